The zero-order valence-corrected chi connectivity index (χ0v) is 35.0. The van der Waals surface area contributed by atoms with Gasteiger partial charge in [-0.25, -0.2) is 19.9 Å². The molecule has 0 spiro atoms. The average Bonchev–Trinajstić information content (AvgIpc) is 3.08. The van der Waals surface area contributed by atoms with Gasteiger partial charge in [0, 0.05) is 28.3 Å². The van der Waals surface area contributed by atoms with E-state index in [9.17, 15) is 0 Å². The Morgan fingerprint density at radius 3 is 1.51 bits per heavy atom. The Morgan fingerprint density at radius 1 is 0.582 bits per heavy atom. The highest BCUT2D eigenvalue weighted by Gasteiger charge is 2.45. The van der Waals surface area contributed by atoms with Gasteiger partial charge in [-0.3, -0.25) is 0 Å². The van der Waals surface area contributed by atoms with E-state index in [0.717, 1.165) is 58.0 Å². The first-order chi connectivity index (χ1) is 25.8. The molecule has 1 aliphatic carbocycles. The molecule has 0 N–H and O–H groups in total. The first kappa shape index (κ1) is 39.7. The van der Waals surface area contributed by atoms with Crippen molar-refractivity contribution >= 4 is 0 Å². The van der Waals surface area contributed by atoms with Crippen molar-refractivity contribution in [3.05, 3.63) is 112 Å². The number of ether oxygens (including phenoxy) is 4. The minimum absolute atomic E-state index is 0.136. The molecule has 8 nitrogen and oxygen atoms in total. The van der Waals surface area contributed by atoms with Crippen molar-refractivity contribution in [2.75, 3.05) is 7.11 Å². The van der Waals surface area contributed by atoms with Gasteiger partial charge in [0.1, 0.15) is 35.7 Å². The van der Waals surface area contributed by atoms with Gasteiger partial charge in [-0.1, -0.05) is 86.6 Å². The van der Waals surface area contributed by atoms with E-state index in [1.165, 1.54) is 30.2 Å². The average molecular weight is 743 g/mol. The number of aryl methyl sites for hydroxylation is 3. The molecule has 2 aromatic heterocycles. The molecule has 3 aromatic carbocycles. The smallest absolute Gasteiger partial charge is 0.226 e. The van der Waals surface area contributed by atoms with Crippen LogP contribution < -0.4 is 18.9 Å². The maximum absolute atomic E-state index is 6.60. The van der Waals surface area contributed by atoms with Gasteiger partial charge in [0.15, 0.2) is 0 Å². The SMILES string of the molecule is COc1ccc(C2(c3ccc(Oc4cc(Oc5cc(C(C)(C)C)c(Oc6cc(C)ncn6)cc5C(C)(C)C)ncn4)c(C)c3)CC(C)CC(C)(C)C2)cc1C. The number of nitrogens with zero attached hydrogens (tertiary/aromatic N) is 4. The quantitative estimate of drug-likeness (QED) is 0.147. The Morgan fingerprint density at radius 2 is 1.05 bits per heavy atom. The van der Waals surface area contributed by atoms with Crippen LogP contribution in [0.2, 0.25) is 0 Å². The van der Waals surface area contributed by atoms with Crippen LogP contribution in [0.3, 0.4) is 0 Å². The van der Waals surface area contributed by atoms with Crippen molar-refractivity contribution in [2.45, 2.75) is 119 Å². The fraction of sp³-hybridized carbons (Fsp3) is 0.447. The van der Waals surface area contributed by atoms with Crippen molar-refractivity contribution in [1.29, 1.82) is 0 Å². The standard InChI is InChI=1S/C47H58N4O4/c1-29-24-46(11,12)26-47(25-29,33-14-16-37(52-13)30(2)18-33)34-15-17-38(31(3)19-34)53-42-23-43(51-28-50-42)55-40-22-35(44(5,6)7)39(21-36(40)45(8,9)10)54-41-20-32(4)48-27-49-41/h14-23,27-29H,24-26H2,1-13H3. The van der Waals surface area contributed by atoms with Gasteiger partial charge >= 0.3 is 0 Å². The molecule has 1 saturated carbocycles. The fourth-order valence-corrected chi connectivity index (χ4v) is 8.58. The van der Waals surface area contributed by atoms with Crippen LogP contribution in [0.5, 0.6) is 40.6 Å². The van der Waals surface area contributed by atoms with E-state index in [-0.39, 0.29) is 21.7 Å². The molecule has 1 fully saturated rings. The van der Waals surface area contributed by atoms with Crippen molar-refractivity contribution < 1.29 is 18.9 Å². The maximum atomic E-state index is 6.60. The third-order valence-corrected chi connectivity index (χ3v) is 10.8. The lowest BCUT2D eigenvalue weighted by molar-refractivity contribution is 0.126. The molecule has 6 rings (SSSR count). The van der Waals surface area contributed by atoms with Crippen LogP contribution in [0, 0.1) is 32.1 Å². The Kier molecular flexibility index (Phi) is 10.8. The summed E-state index contributed by atoms with van der Waals surface area (Å²) in [6.45, 7) is 26.3. The third kappa shape index (κ3) is 8.79. The summed E-state index contributed by atoms with van der Waals surface area (Å²) in [5.41, 5.74) is 7.14. The monoisotopic (exact) mass is 742 g/mol. The highest BCUT2D eigenvalue weighted by molar-refractivity contribution is 5.54. The molecule has 2 atom stereocenters. The lowest BCUT2D eigenvalue weighted by Gasteiger charge is -2.49. The van der Waals surface area contributed by atoms with Gasteiger partial charge in [0.2, 0.25) is 17.6 Å². The molecule has 0 radical (unpaired) electrons. The summed E-state index contributed by atoms with van der Waals surface area (Å²) < 4.78 is 25.1. The van der Waals surface area contributed by atoms with Crippen LogP contribution in [0.4, 0.5) is 0 Å². The normalized spacial score (nSPS) is 18.5. The number of benzene rings is 3. The second-order valence-corrected chi connectivity index (χ2v) is 18.4. The predicted octanol–water partition coefficient (Wildman–Crippen LogP) is 12.3. The topological polar surface area (TPSA) is 88.5 Å². The molecule has 1 aliphatic rings. The van der Waals surface area contributed by atoms with E-state index < -0.39 is 0 Å². The van der Waals surface area contributed by atoms with E-state index >= 15 is 0 Å². The third-order valence-electron chi connectivity index (χ3n) is 10.8. The minimum atomic E-state index is -0.274. The van der Waals surface area contributed by atoms with Crippen molar-refractivity contribution in [3.63, 3.8) is 0 Å². The van der Waals surface area contributed by atoms with Crippen molar-refractivity contribution in [3.8, 4) is 40.6 Å². The summed E-state index contributed by atoms with van der Waals surface area (Å²) >= 11 is 0. The summed E-state index contributed by atoms with van der Waals surface area (Å²) in [6, 6.07) is 21.0. The molecular formula is C47H58N4O4. The highest BCUT2D eigenvalue weighted by Crippen LogP contribution is 2.54. The van der Waals surface area contributed by atoms with Gasteiger partial charge in [-0.2, -0.15) is 0 Å². The first-order valence-electron chi connectivity index (χ1n) is 19.4. The minimum Gasteiger partial charge on any atom is -0.496 e. The summed E-state index contributed by atoms with van der Waals surface area (Å²) in [5, 5.41) is 0. The summed E-state index contributed by atoms with van der Waals surface area (Å²) in [6.07, 6.45) is 6.35. The van der Waals surface area contributed by atoms with E-state index in [4.69, 9.17) is 18.9 Å². The van der Waals surface area contributed by atoms with E-state index in [1.807, 2.05) is 13.0 Å². The van der Waals surface area contributed by atoms with Crippen LogP contribution in [-0.4, -0.2) is 27.0 Å². The zero-order valence-electron chi connectivity index (χ0n) is 35.0. The van der Waals surface area contributed by atoms with Crippen LogP contribution in [-0.2, 0) is 16.2 Å². The fourth-order valence-electron chi connectivity index (χ4n) is 8.58. The van der Waals surface area contributed by atoms with Crippen LogP contribution >= 0.6 is 0 Å². The van der Waals surface area contributed by atoms with Crippen molar-refractivity contribution in [2.24, 2.45) is 11.3 Å². The van der Waals surface area contributed by atoms with E-state index in [1.54, 1.807) is 13.2 Å². The molecule has 0 aliphatic heterocycles. The lowest BCUT2D eigenvalue weighted by atomic mass is 9.55. The Labute approximate surface area is 328 Å². The molecule has 2 unspecified atom stereocenters. The van der Waals surface area contributed by atoms with Crippen LogP contribution in [0.1, 0.15) is 121 Å². The molecule has 55 heavy (non-hydrogen) atoms. The predicted molar refractivity (Wildman–Crippen MR) is 219 cm³/mol. The number of hydrogen-bond donors (Lipinski definition) is 0. The zero-order chi connectivity index (χ0) is 39.9. The molecule has 290 valence electrons. The Hall–Kier alpha value is -4.98. The van der Waals surface area contributed by atoms with Gasteiger partial charge < -0.3 is 18.9 Å². The Balaban J connectivity index is 1.32. The molecule has 0 amide bonds. The van der Waals surface area contributed by atoms with Crippen LogP contribution in [0.15, 0.2) is 73.3 Å². The first-order valence-corrected chi connectivity index (χ1v) is 19.4. The second-order valence-electron chi connectivity index (χ2n) is 18.4. The molecule has 5 aromatic rings. The highest BCUT2D eigenvalue weighted by atomic mass is 16.5. The van der Waals surface area contributed by atoms with E-state index in [2.05, 4.69) is 145 Å². The van der Waals surface area contributed by atoms with Gasteiger partial charge in [-0.15, -0.1) is 0 Å². The van der Waals surface area contributed by atoms with Crippen molar-refractivity contribution in [1.82, 2.24) is 19.9 Å². The molecule has 0 saturated heterocycles. The maximum Gasteiger partial charge on any atom is 0.226 e. The largest absolute Gasteiger partial charge is 0.496 e. The van der Waals surface area contributed by atoms with Gasteiger partial charge in [-0.05, 0) is 109 Å². The lowest BCUT2D eigenvalue weighted by Crippen LogP contribution is -2.41. The van der Waals surface area contributed by atoms with Crippen LogP contribution in [0.25, 0.3) is 0 Å². The van der Waals surface area contributed by atoms with Gasteiger partial charge in [0.05, 0.1) is 13.2 Å². The molecular weight excluding hydrogens is 685 g/mol. The summed E-state index contributed by atoms with van der Waals surface area (Å²) in [7, 11) is 1.74. The Bertz CT molecular complexity index is 2180. The number of aromatic nitrogens is 4. The summed E-state index contributed by atoms with van der Waals surface area (Å²) in [5.74, 6) is 4.94. The molecule has 0 bridgehead atoms. The second kappa shape index (κ2) is 14.9. The number of methoxy groups -OCH3 is 1. The number of rotatable bonds is 9. The molecule has 2 heterocycles. The van der Waals surface area contributed by atoms with Gasteiger partial charge in [0.25, 0.3) is 0 Å². The molecule has 8 heteroatoms. The van der Waals surface area contributed by atoms with E-state index in [0.29, 0.717) is 29.3 Å². The number of hydrogen-bond acceptors (Lipinski definition) is 8. The summed E-state index contributed by atoms with van der Waals surface area (Å²) in [4.78, 5) is 17.6.